The van der Waals surface area contributed by atoms with Gasteiger partial charge in [-0.2, -0.15) is 0 Å². The molecule has 22 heavy (non-hydrogen) atoms. The minimum Gasteiger partial charge on any atom is -0.486 e. The van der Waals surface area contributed by atoms with E-state index in [0.29, 0.717) is 35.5 Å². The quantitative estimate of drug-likeness (QED) is 0.847. The third-order valence-corrected chi connectivity index (χ3v) is 6.41. The monoisotopic (exact) mass is 347 g/mol. The lowest BCUT2D eigenvalue weighted by Crippen LogP contribution is -2.36. The number of anilines is 1. The van der Waals surface area contributed by atoms with Crippen molar-refractivity contribution in [3.05, 3.63) is 6.20 Å². The molecule has 7 nitrogen and oxygen atoms in total. The highest BCUT2D eigenvalue weighted by Gasteiger charge is 2.27. The number of rotatable bonds is 5. The second-order valence-corrected chi connectivity index (χ2v) is 8.81. The number of amides is 2. The molecule has 1 saturated carbocycles. The highest BCUT2D eigenvalue weighted by Crippen LogP contribution is 2.28. The smallest absolute Gasteiger partial charge is 0.321 e. The van der Waals surface area contributed by atoms with Gasteiger partial charge in [0.1, 0.15) is 9.84 Å². The summed E-state index contributed by atoms with van der Waals surface area (Å²) in [4.78, 5) is 15.8. The Morgan fingerprint density at radius 2 is 2.09 bits per heavy atom. The van der Waals surface area contributed by atoms with E-state index in [9.17, 15) is 13.2 Å². The molecule has 2 rings (SSSR count). The van der Waals surface area contributed by atoms with E-state index in [1.807, 2.05) is 0 Å². The summed E-state index contributed by atoms with van der Waals surface area (Å²) < 4.78 is 28.0. The van der Waals surface area contributed by atoms with E-state index in [0.717, 1.165) is 12.8 Å². The summed E-state index contributed by atoms with van der Waals surface area (Å²) in [5.41, 5.74) is 0. The first-order chi connectivity index (χ1) is 10.4. The fourth-order valence-corrected chi connectivity index (χ4v) is 4.31. The molecule has 124 valence electrons. The normalized spacial score (nSPS) is 22.1. The van der Waals surface area contributed by atoms with Crippen molar-refractivity contribution in [1.29, 1.82) is 0 Å². The predicted molar refractivity (Wildman–Crippen MR) is 86.3 cm³/mol. The maximum atomic E-state index is 11.8. The molecule has 1 aliphatic rings. The molecule has 1 fully saturated rings. The number of thiazole rings is 1. The SMILES string of the molecule is COc1cnc(NC(=O)NCC2CCC(S(C)(=O)=O)CC2)s1. The van der Waals surface area contributed by atoms with Gasteiger partial charge in [-0.1, -0.05) is 11.3 Å². The fourth-order valence-electron chi connectivity index (χ4n) is 2.55. The van der Waals surface area contributed by atoms with E-state index < -0.39 is 9.84 Å². The Morgan fingerprint density at radius 3 is 2.64 bits per heavy atom. The number of urea groups is 1. The van der Waals surface area contributed by atoms with Crippen molar-refractivity contribution in [1.82, 2.24) is 10.3 Å². The summed E-state index contributed by atoms with van der Waals surface area (Å²) in [5, 5.41) is 6.35. The van der Waals surface area contributed by atoms with Gasteiger partial charge in [0.25, 0.3) is 0 Å². The number of carbonyl (C=O) groups excluding carboxylic acids is 1. The minimum absolute atomic E-state index is 0.222. The lowest BCUT2D eigenvalue weighted by Gasteiger charge is -2.27. The standard InChI is InChI=1S/C13H21N3O4S2/c1-20-11-8-15-13(21-11)16-12(17)14-7-9-3-5-10(6-4-9)22(2,18)19/h8-10H,3-7H2,1-2H3,(H2,14,15,16,17). The average molecular weight is 347 g/mol. The zero-order valence-corrected chi connectivity index (χ0v) is 14.3. The summed E-state index contributed by atoms with van der Waals surface area (Å²) in [6.07, 6.45) is 5.85. The molecule has 9 heteroatoms. The third kappa shape index (κ3) is 4.84. The first kappa shape index (κ1) is 17.0. The Morgan fingerprint density at radius 1 is 1.41 bits per heavy atom. The first-order valence-corrected chi connectivity index (χ1v) is 9.89. The first-order valence-electron chi connectivity index (χ1n) is 7.12. The summed E-state index contributed by atoms with van der Waals surface area (Å²) in [7, 11) is -1.39. The van der Waals surface area contributed by atoms with Crippen LogP contribution in [0.15, 0.2) is 6.20 Å². The van der Waals surface area contributed by atoms with Gasteiger partial charge in [0.15, 0.2) is 10.2 Å². The van der Waals surface area contributed by atoms with Gasteiger partial charge in [-0.25, -0.2) is 18.2 Å². The number of methoxy groups -OCH3 is 1. The number of nitrogens with zero attached hydrogens (tertiary/aromatic N) is 1. The third-order valence-electron chi connectivity index (χ3n) is 3.86. The molecule has 0 aliphatic heterocycles. The summed E-state index contributed by atoms with van der Waals surface area (Å²) in [6, 6.07) is -0.303. The van der Waals surface area contributed by atoms with Crippen molar-refractivity contribution in [3.63, 3.8) is 0 Å². The van der Waals surface area contributed by atoms with Crippen LogP contribution in [0.25, 0.3) is 0 Å². The minimum atomic E-state index is -2.94. The molecule has 2 amide bonds. The van der Waals surface area contributed by atoms with Gasteiger partial charge in [0.2, 0.25) is 0 Å². The summed E-state index contributed by atoms with van der Waals surface area (Å²) >= 11 is 1.25. The van der Waals surface area contributed by atoms with Gasteiger partial charge >= 0.3 is 6.03 Å². The number of aromatic nitrogens is 1. The molecule has 0 spiro atoms. The number of hydrogen-bond acceptors (Lipinski definition) is 6. The van der Waals surface area contributed by atoms with Gasteiger partial charge in [0, 0.05) is 12.8 Å². The van der Waals surface area contributed by atoms with Crippen molar-refractivity contribution >= 4 is 32.3 Å². The molecule has 2 N–H and O–H groups in total. The number of carbonyl (C=O) groups is 1. The van der Waals surface area contributed by atoms with Crippen LogP contribution in [0.1, 0.15) is 25.7 Å². The Bertz CT molecular complexity index is 607. The van der Waals surface area contributed by atoms with Crippen LogP contribution in [0.2, 0.25) is 0 Å². The molecule has 1 aliphatic carbocycles. The molecule has 0 bridgehead atoms. The number of ether oxygens (including phenoxy) is 1. The van der Waals surface area contributed by atoms with E-state index in [1.54, 1.807) is 13.3 Å². The molecule has 1 aromatic rings. The molecule has 0 atom stereocenters. The van der Waals surface area contributed by atoms with Gasteiger partial charge in [-0.3, -0.25) is 5.32 Å². The molecule has 0 aromatic carbocycles. The topological polar surface area (TPSA) is 97.4 Å². The van der Waals surface area contributed by atoms with Crippen molar-refractivity contribution in [2.45, 2.75) is 30.9 Å². The number of hydrogen-bond donors (Lipinski definition) is 2. The molecule has 0 saturated heterocycles. The van der Waals surface area contributed by atoms with Gasteiger partial charge < -0.3 is 10.1 Å². The molecule has 0 unspecified atom stereocenters. The van der Waals surface area contributed by atoms with E-state index in [-0.39, 0.29) is 11.3 Å². The Kier molecular flexibility index (Phi) is 5.63. The molecular weight excluding hydrogens is 326 g/mol. The largest absolute Gasteiger partial charge is 0.486 e. The van der Waals surface area contributed by atoms with Gasteiger partial charge in [0.05, 0.1) is 18.6 Å². The Labute approximate surface area is 134 Å². The zero-order valence-electron chi connectivity index (χ0n) is 12.7. The van der Waals surface area contributed by atoms with E-state index in [2.05, 4.69) is 15.6 Å². The lowest BCUT2D eigenvalue weighted by atomic mass is 9.89. The number of nitrogens with one attached hydrogen (secondary N) is 2. The van der Waals surface area contributed by atoms with Crippen LogP contribution in [-0.2, 0) is 9.84 Å². The molecule has 1 heterocycles. The second-order valence-electron chi connectivity index (χ2n) is 5.50. The van der Waals surface area contributed by atoms with Crippen LogP contribution < -0.4 is 15.4 Å². The lowest BCUT2D eigenvalue weighted by molar-refractivity contribution is 0.247. The summed E-state index contributed by atoms with van der Waals surface area (Å²) in [5.74, 6) is 0.328. The molecular formula is C13H21N3O4S2. The Hall–Kier alpha value is -1.35. The Balaban J connectivity index is 1.71. The van der Waals surface area contributed by atoms with E-state index >= 15 is 0 Å². The maximum Gasteiger partial charge on any atom is 0.321 e. The van der Waals surface area contributed by atoms with E-state index in [1.165, 1.54) is 17.6 Å². The molecule has 0 radical (unpaired) electrons. The van der Waals surface area contributed by atoms with Crippen molar-refractivity contribution in [3.8, 4) is 5.06 Å². The zero-order chi connectivity index (χ0) is 16.2. The van der Waals surface area contributed by atoms with Crippen molar-refractivity contribution in [2.75, 3.05) is 25.2 Å². The predicted octanol–water partition coefficient (Wildman–Crippen LogP) is 1.88. The van der Waals surface area contributed by atoms with Crippen molar-refractivity contribution < 1.29 is 17.9 Å². The number of sulfone groups is 1. The highest BCUT2D eigenvalue weighted by molar-refractivity contribution is 7.91. The maximum absolute atomic E-state index is 11.8. The molecule has 1 aromatic heterocycles. The van der Waals surface area contributed by atoms with Crippen LogP contribution in [0.3, 0.4) is 0 Å². The van der Waals surface area contributed by atoms with Crippen LogP contribution in [0.5, 0.6) is 5.06 Å². The van der Waals surface area contributed by atoms with Crippen LogP contribution >= 0.6 is 11.3 Å². The van der Waals surface area contributed by atoms with Gasteiger partial charge in [-0.05, 0) is 31.6 Å². The van der Waals surface area contributed by atoms with Crippen LogP contribution in [0, 0.1) is 5.92 Å². The fraction of sp³-hybridized carbons (Fsp3) is 0.692. The summed E-state index contributed by atoms with van der Waals surface area (Å²) in [6.45, 7) is 0.546. The van der Waals surface area contributed by atoms with E-state index in [4.69, 9.17) is 4.74 Å². The van der Waals surface area contributed by atoms with Gasteiger partial charge in [-0.15, -0.1) is 0 Å². The second kappa shape index (κ2) is 7.28. The van der Waals surface area contributed by atoms with Crippen LogP contribution in [0.4, 0.5) is 9.93 Å². The van der Waals surface area contributed by atoms with Crippen molar-refractivity contribution in [2.24, 2.45) is 5.92 Å². The average Bonchev–Trinajstić information content (AvgIpc) is 2.92. The highest BCUT2D eigenvalue weighted by atomic mass is 32.2. The van der Waals surface area contributed by atoms with Crippen LogP contribution in [-0.4, -0.2) is 44.6 Å².